The lowest BCUT2D eigenvalue weighted by Crippen LogP contribution is -2.40. The van der Waals surface area contributed by atoms with Crippen molar-refractivity contribution in [2.24, 2.45) is 11.0 Å². The van der Waals surface area contributed by atoms with Crippen LogP contribution in [0.15, 0.2) is 51.2 Å². The van der Waals surface area contributed by atoms with E-state index in [2.05, 4.69) is 27.4 Å². The van der Waals surface area contributed by atoms with Crippen LogP contribution in [0.4, 0.5) is 5.82 Å². The van der Waals surface area contributed by atoms with Crippen LogP contribution >= 0.6 is 11.6 Å². The van der Waals surface area contributed by atoms with E-state index in [9.17, 15) is 9.59 Å². The van der Waals surface area contributed by atoms with Crippen LogP contribution in [0.2, 0.25) is 5.02 Å². The summed E-state index contributed by atoms with van der Waals surface area (Å²) in [5, 5.41) is 5.74. The molecule has 0 bridgehead atoms. The van der Waals surface area contributed by atoms with Gasteiger partial charge in [0.2, 0.25) is 0 Å². The zero-order valence-electron chi connectivity index (χ0n) is 16.4. The van der Waals surface area contributed by atoms with E-state index >= 15 is 0 Å². The van der Waals surface area contributed by atoms with Gasteiger partial charge < -0.3 is 0 Å². The Balaban J connectivity index is 1.67. The van der Waals surface area contributed by atoms with E-state index in [1.165, 1.54) is 6.07 Å². The summed E-state index contributed by atoms with van der Waals surface area (Å²) in [4.78, 5) is 29.6. The fraction of sp³-hybridized carbons (Fsp3) is 0.273. The van der Waals surface area contributed by atoms with Gasteiger partial charge in [-0.05, 0) is 49.9 Å². The second kappa shape index (κ2) is 8.56. The maximum absolute atomic E-state index is 12.9. The van der Waals surface area contributed by atoms with Gasteiger partial charge in [0.25, 0.3) is 5.56 Å². The number of aromatic nitrogens is 3. The van der Waals surface area contributed by atoms with Crippen molar-refractivity contribution < 1.29 is 0 Å². The highest BCUT2D eigenvalue weighted by atomic mass is 35.5. The third-order valence-electron chi connectivity index (χ3n) is 4.95. The molecule has 4 rings (SSSR count). The lowest BCUT2D eigenvalue weighted by atomic mass is 10.1. The van der Waals surface area contributed by atoms with Gasteiger partial charge in [0.15, 0.2) is 0 Å². The third kappa shape index (κ3) is 4.29. The van der Waals surface area contributed by atoms with Crippen molar-refractivity contribution in [3.05, 3.63) is 68.0 Å². The SMILES string of the molecule is CC#CCn1c(=O)cc(N/N=C/c2ccnc3ccc(Cl)cc23)n(CC2CC2)c1=O. The van der Waals surface area contributed by atoms with Crippen LogP contribution in [-0.2, 0) is 13.1 Å². The number of pyridine rings is 1. The first-order valence-electron chi connectivity index (χ1n) is 9.64. The molecule has 1 aliphatic carbocycles. The van der Waals surface area contributed by atoms with Gasteiger partial charge in [0.1, 0.15) is 5.82 Å². The van der Waals surface area contributed by atoms with E-state index in [1.807, 2.05) is 18.2 Å². The number of hydrogen-bond acceptors (Lipinski definition) is 5. The minimum atomic E-state index is -0.409. The molecule has 0 radical (unpaired) electrons. The van der Waals surface area contributed by atoms with Crippen molar-refractivity contribution in [3.63, 3.8) is 0 Å². The molecule has 0 unspecified atom stereocenters. The molecule has 1 fully saturated rings. The van der Waals surface area contributed by atoms with Gasteiger partial charge in [-0.15, -0.1) is 5.92 Å². The first kappa shape index (κ1) is 19.9. The molecule has 3 aromatic rings. The molecule has 1 aliphatic rings. The molecule has 0 aliphatic heterocycles. The van der Waals surface area contributed by atoms with Crippen molar-refractivity contribution in [3.8, 4) is 11.8 Å². The second-order valence-electron chi connectivity index (χ2n) is 7.15. The van der Waals surface area contributed by atoms with E-state index in [0.717, 1.165) is 33.9 Å². The first-order valence-corrected chi connectivity index (χ1v) is 10.0. The number of hydrazone groups is 1. The van der Waals surface area contributed by atoms with Crippen LogP contribution in [0, 0.1) is 17.8 Å². The number of nitrogens with one attached hydrogen (secondary N) is 1. The third-order valence-corrected chi connectivity index (χ3v) is 5.19. The Labute approximate surface area is 178 Å². The number of rotatable bonds is 6. The molecule has 0 amide bonds. The zero-order chi connectivity index (χ0) is 21.1. The fourth-order valence-corrected chi connectivity index (χ4v) is 3.34. The summed E-state index contributed by atoms with van der Waals surface area (Å²) in [5.74, 6) is 6.31. The van der Waals surface area contributed by atoms with E-state index in [1.54, 1.807) is 30.0 Å². The van der Waals surface area contributed by atoms with Crippen LogP contribution in [0.1, 0.15) is 25.3 Å². The lowest BCUT2D eigenvalue weighted by molar-refractivity contribution is 0.555. The molecule has 2 aromatic heterocycles. The maximum Gasteiger partial charge on any atom is 0.333 e. The number of hydrogen-bond donors (Lipinski definition) is 1. The Morgan fingerprint density at radius 2 is 2.10 bits per heavy atom. The van der Waals surface area contributed by atoms with E-state index in [4.69, 9.17) is 11.6 Å². The topological polar surface area (TPSA) is 81.3 Å². The summed E-state index contributed by atoms with van der Waals surface area (Å²) in [6, 6.07) is 8.66. The van der Waals surface area contributed by atoms with Gasteiger partial charge in [-0.3, -0.25) is 19.8 Å². The number of fused-ring (bicyclic) bond motifs is 1. The summed E-state index contributed by atoms with van der Waals surface area (Å²) < 4.78 is 2.71. The maximum atomic E-state index is 12.9. The van der Waals surface area contributed by atoms with Gasteiger partial charge >= 0.3 is 5.69 Å². The molecule has 1 N–H and O–H groups in total. The molecule has 7 nitrogen and oxygen atoms in total. The minimum Gasteiger partial charge on any atom is -0.278 e. The number of halogens is 1. The normalized spacial score (nSPS) is 13.4. The Kier molecular flexibility index (Phi) is 5.68. The first-order chi connectivity index (χ1) is 14.6. The van der Waals surface area contributed by atoms with Crippen molar-refractivity contribution >= 4 is 34.5 Å². The number of anilines is 1. The van der Waals surface area contributed by atoms with Gasteiger partial charge in [0.05, 0.1) is 18.3 Å². The van der Waals surface area contributed by atoms with Crippen LogP contribution < -0.4 is 16.7 Å². The molecule has 1 aromatic carbocycles. The highest BCUT2D eigenvalue weighted by Crippen LogP contribution is 2.30. The smallest absolute Gasteiger partial charge is 0.278 e. The Morgan fingerprint density at radius 1 is 1.27 bits per heavy atom. The highest BCUT2D eigenvalue weighted by molar-refractivity contribution is 6.31. The van der Waals surface area contributed by atoms with Crippen LogP contribution in [-0.4, -0.2) is 20.3 Å². The zero-order valence-corrected chi connectivity index (χ0v) is 17.2. The molecule has 2 heterocycles. The van der Waals surface area contributed by atoms with Crippen LogP contribution in [0.25, 0.3) is 10.9 Å². The van der Waals surface area contributed by atoms with Gasteiger partial charge in [-0.2, -0.15) is 5.10 Å². The molecule has 0 saturated heterocycles. The summed E-state index contributed by atoms with van der Waals surface area (Å²) in [5.41, 5.74) is 3.70. The molecule has 30 heavy (non-hydrogen) atoms. The quantitative estimate of drug-likeness (QED) is 0.376. The average molecular weight is 422 g/mol. The van der Waals surface area contributed by atoms with Crippen molar-refractivity contribution in [1.29, 1.82) is 0 Å². The average Bonchev–Trinajstić information content (AvgIpc) is 3.55. The molecule has 0 spiro atoms. The van der Waals surface area contributed by atoms with Crippen molar-refractivity contribution in [2.75, 3.05) is 5.43 Å². The Hall–Kier alpha value is -3.37. The highest BCUT2D eigenvalue weighted by Gasteiger charge is 2.24. The minimum absolute atomic E-state index is 0.0755. The van der Waals surface area contributed by atoms with E-state index in [-0.39, 0.29) is 12.2 Å². The van der Waals surface area contributed by atoms with Crippen LogP contribution in [0.5, 0.6) is 0 Å². The predicted molar refractivity (Wildman–Crippen MR) is 119 cm³/mol. The molecule has 152 valence electrons. The van der Waals surface area contributed by atoms with E-state index in [0.29, 0.717) is 23.3 Å². The van der Waals surface area contributed by atoms with Gasteiger partial charge in [-0.25, -0.2) is 9.36 Å². The van der Waals surface area contributed by atoms with Crippen LogP contribution in [0.3, 0.4) is 0 Å². The molecule has 0 atom stereocenters. The Morgan fingerprint density at radius 3 is 2.87 bits per heavy atom. The molecular formula is C22H20ClN5O2. The van der Waals surface area contributed by atoms with Crippen molar-refractivity contribution in [2.45, 2.75) is 32.9 Å². The predicted octanol–water partition coefficient (Wildman–Crippen LogP) is 3.09. The summed E-state index contributed by atoms with van der Waals surface area (Å²) in [6.07, 6.45) is 5.47. The molecular weight excluding hydrogens is 402 g/mol. The molecule has 1 saturated carbocycles. The van der Waals surface area contributed by atoms with Gasteiger partial charge in [-0.1, -0.05) is 17.5 Å². The Bertz CT molecular complexity index is 1310. The number of nitrogens with zero attached hydrogens (tertiary/aromatic N) is 4. The summed E-state index contributed by atoms with van der Waals surface area (Å²) in [7, 11) is 0. The lowest BCUT2D eigenvalue weighted by Gasteiger charge is -2.13. The molecule has 8 heteroatoms. The van der Waals surface area contributed by atoms with E-state index < -0.39 is 5.56 Å². The standard InChI is InChI=1S/C22H20ClN5O2/c1-2-3-10-27-21(29)12-20(28(22(27)30)14-15-4-5-15)26-25-13-16-8-9-24-19-7-6-17(23)11-18(16)19/h6-9,11-13,15,26H,4-5,10,14H2,1H3/b25-13+. The largest absolute Gasteiger partial charge is 0.333 e. The van der Waals surface area contributed by atoms with Crippen molar-refractivity contribution in [1.82, 2.24) is 14.1 Å². The number of benzene rings is 1. The fourth-order valence-electron chi connectivity index (χ4n) is 3.17. The second-order valence-corrected chi connectivity index (χ2v) is 7.59. The summed E-state index contributed by atoms with van der Waals surface area (Å²) in [6.45, 7) is 2.30. The van der Waals surface area contributed by atoms with Gasteiger partial charge in [0, 0.05) is 34.8 Å². The summed E-state index contributed by atoms with van der Waals surface area (Å²) >= 11 is 6.11. The monoisotopic (exact) mass is 421 g/mol.